The molecular formula is C22H21ClN2O3. The summed E-state index contributed by atoms with van der Waals surface area (Å²) in [4.78, 5) is 24.4. The molecule has 1 heterocycles. The first-order chi connectivity index (χ1) is 13.4. The third-order valence-corrected chi connectivity index (χ3v) is 6.15. The number of aryl methyl sites for hydroxylation is 2. The van der Waals surface area contributed by atoms with Crippen LogP contribution in [0.5, 0.6) is 0 Å². The minimum absolute atomic E-state index is 0.0752. The zero-order valence-electron chi connectivity index (χ0n) is 15.5. The third kappa shape index (κ3) is 2.78. The molecule has 3 aromatic rings. The summed E-state index contributed by atoms with van der Waals surface area (Å²) in [6.07, 6.45) is 4.74. The lowest BCUT2D eigenvalue weighted by Gasteiger charge is -2.28. The van der Waals surface area contributed by atoms with E-state index in [1.165, 1.54) is 15.8 Å². The van der Waals surface area contributed by atoms with Crippen LogP contribution in [0.1, 0.15) is 58.3 Å². The van der Waals surface area contributed by atoms with Crippen molar-refractivity contribution in [3.05, 3.63) is 79.6 Å². The Kier molecular flexibility index (Phi) is 4.63. The Morgan fingerprint density at radius 1 is 1.32 bits per heavy atom. The molecule has 3 N–H and O–H groups in total. The van der Waals surface area contributed by atoms with Crippen LogP contribution < -0.4 is 11.3 Å². The standard InChI is InChI=1S/C22H21ClN2O3/c1-2-13-19(23)16(15-9-5-7-12-6-3-4-8-14(12)15)10-17-20(13)25(24)11-18(21(17)26)22(27)28/h3-4,6,8,10-11,15H,2,5,7,9,24H2,1H3,(H,27,28). The zero-order chi connectivity index (χ0) is 20.0. The van der Waals surface area contributed by atoms with Gasteiger partial charge >= 0.3 is 5.97 Å². The number of hydrogen-bond donors (Lipinski definition) is 2. The summed E-state index contributed by atoms with van der Waals surface area (Å²) in [5, 5.41) is 10.3. The molecule has 1 unspecified atom stereocenters. The van der Waals surface area contributed by atoms with E-state index in [1.807, 2.05) is 19.1 Å². The topological polar surface area (TPSA) is 85.3 Å². The number of rotatable bonds is 3. The number of nitrogens with two attached hydrogens (primary N) is 1. The molecule has 0 amide bonds. The molecule has 1 aliphatic rings. The van der Waals surface area contributed by atoms with E-state index in [2.05, 4.69) is 12.1 Å². The molecule has 2 aromatic carbocycles. The van der Waals surface area contributed by atoms with Gasteiger partial charge in [-0.25, -0.2) is 4.79 Å². The number of aromatic nitrogens is 1. The number of hydrogen-bond acceptors (Lipinski definition) is 3. The Labute approximate surface area is 167 Å². The van der Waals surface area contributed by atoms with Crippen molar-refractivity contribution in [3.8, 4) is 0 Å². The van der Waals surface area contributed by atoms with Crippen LogP contribution in [0.25, 0.3) is 10.9 Å². The number of carbonyl (C=O) groups is 1. The van der Waals surface area contributed by atoms with Gasteiger partial charge in [-0.05, 0) is 54.0 Å². The Bertz CT molecular complexity index is 1170. The number of benzene rings is 2. The molecule has 0 bridgehead atoms. The molecule has 28 heavy (non-hydrogen) atoms. The van der Waals surface area contributed by atoms with Gasteiger partial charge in [-0.3, -0.25) is 9.47 Å². The average molecular weight is 397 g/mol. The maximum Gasteiger partial charge on any atom is 0.341 e. The fraction of sp³-hybridized carbons (Fsp3) is 0.273. The number of nitrogen functional groups attached to an aromatic ring is 1. The molecule has 0 fully saturated rings. The lowest BCUT2D eigenvalue weighted by atomic mass is 9.78. The fourth-order valence-corrected chi connectivity index (χ4v) is 4.82. The summed E-state index contributed by atoms with van der Waals surface area (Å²) >= 11 is 6.83. The smallest absolute Gasteiger partial charge is 0.341 e. The van der Waals surface area contributed by atoms with Crippen molar-refractivity contribution in [2.24, 2.45) is 0 Å². The SMILES string of the molecule is CCc1c(Cl)c(C2CCCc3ccccc32)cc2c(=O)c(C(=O)O)cn(N)c12. The van der Waals surface area contributed by atoms with E-state index in [0.29, 0.717) is 22.3 Å². The van der Waals surface area contributed by atoms with Crippen molar-refractivity contribution in [3.63, 3.8) is 0 Å². The lowest BCUT2D eigenvalue weighted by molar-refractivity contribution is 0.0695. The molecule has 1 atom stereocenters. The number of carboxylic acid groups (broad SMARTS) is 1. The molecule has 0 saturated carbocycles. The third-order valence-electron chi connectivity index (χ3n) is 5.70. The second-order valence-corrected chi connectivity index (χ2v) is 7.61. The molecule has 0 spiro atoms. The van der Waals surface area contributed by atoms with E-state index in [-0.39, 0.29) is 11.5 Å². The van der Waals surface area contributed by atoms with Gasteiger partial charge < -0.3 is 10.9 Å². The van der Waals surface area contributed by atoms with Crippen LogP contribution in [0, 0.1) is 0 Å². The molecule has 0 aliphatic heterocycles. The van der Waals surface area contributed by atoms with E-state index in [1.54, 1.807) is 6.07 Å². The summed E-state index contributed by atoms with van der Waals surface area (Å²) in [5.74, 6) is 4.86. The van der Waals surface area contributed by atoms with Crippen LogP contribution in [0.15, 0.2) is 41.3 Å². The fourth-order valence-electron chi connectivity index (χ4n) is 4.41. The van der Waals surface area contributed by atoms with Crippen molar-refractivity contribution in [1.29, 1.82) is 0 Å². The normalized spacial score (nSPS) is 16.1. The van der Waals surface area contributed by atoms with Gasteiger partial charge in [0.05, 0.1) is 5.52 Å². The molecule has 0 radical (unpaired) electrons. The summed E-state index contributed by atoms with van der Waals surface area (Å²) in [5.41, 5.74) is 3.79. The highest BCUT2D eigenvalue weighted by atomic mass is 35.5. The number of pyridine rings is 1. The Morgan fingerprint density at radius 2 is 2.07 bits per heavy atom. The Hall–Kier alpha value is -2.79. The average Bonchev–Trinajstić information content (AvgIpc) is 2.69. The van der Waals surface area contributed by atoms with Gasteiger partial charge in [-0.1, -0.05) is 42.8 Å². The zero-order valence-corrected chi connectivity index (χ0v) is 16.3. The first kappa shape index (κ1) is 18.6. The van der Waals surface area contributed by atoms with Crippen molar-refractivity contribution >= 4 is 28.5 Å². The van der Waals surface area contributed by atoms with Crippen molar-refractivity contribution in [2.45, 2.75) is 38.5 Å². The molecular weight excluding hydrogens is 376 g/mol. The van der Waals surface area contributed by atoms with Crippen LogP contribution in [0.3, 0.4) is 0 Å². The van der Waals surface area contributed by atoms with Gasteiger partial charge in [0.1, 0.15) is 5.56 Å². The predicted octanol–water partition coefficient (Wildman–Crippen LogP) is 4.10. The quantitative estimate of drug-likeness (QED) is 0.653. The number of carboxylic acids is 1. The molecule has 4 rings (SSSR count). The first-order valence-electron chi connectivity index (χ1n) is 9.40. The molecule has 1 aromatic heterocycles. The molecule has 1 aliphatic carbocycles. The summed E-state index contributed by atoms with van der Waals surface area (Å²) in [6, 6.07) is 10.0. The van der Waals surface area contributed by atoms with Crippen LogP contribution in [0.4, 0.5) is 0 Å². The highest BCUT2D eigenvalue weighted by Gasteiger charge is 2.27. The van der Waals surface area contributed by atoms with Gasteiger partial charge in [-0.2, -0.15) is 0 Å². The van der Waals surface area contributed by atoms with Crippen molar-refractivity contribution < 1.29 is 9.90 Å². The Balaban J connectivity index is 2.06. The van der Waals surface area contributed by atoms with Crippen LogP contribution in [0.2, 0.25) is 5.02 Å². The van der Waals surface area contributed by atoms with Crippen LogP contribution in [-0.4, -0.2) is 15.8 Å². The second kappa shape index (κ2) is 6.99. The van der Waals surface area contributed by atoms with Gasteiger partial charge in [0.2, 0.25) is 5.43 Å². The Morgan fingerprint density at radius 3 is 2.79 bits per heavy atom. The maximum absolute atomic E-state index is 12.9. The maximum atomic E-state index is 12.9. The number of aromatic carboxylic acids is 1. The van der Waals surface area contributed by atoms with Gasteiger partial charge in [0.25, 0.3) is 0 Å². The second-order valence-electron chi connectivity index (χ2n) is 7.24. The summed E-state index contributed by atoms with van der Waals surface area (Å²) in [6.45, 7) is 1.95. The van der Waals surface area contributed by atoms with Gasteiger partial charge in [0, 0.05) is 22.5 Å². The van der Waals surface area contributed by atoms with E-state index in [9.17, 15) is 14.7 Å². The molecule has 6 heteroatoms. The lowest BCUT2D eigenvalue weighted by Crippen LogP contribution is -2.24. The van der Waals surface area contributed by atoms with E-state index in [0.717, 1.165) is 36.6 Å². The molecule has 144 valence electrons. The monoisotopic (exact) mass is 396 g/mol. The van der Waals surface area contributed by atoms with Gasteiger partial charge in [-0.15, -0.1) is 0 Å². The summed E-state index contributed by atoms with van der Waals surface area (Å²) < 4.78 is 1.21. The van der Waals surface area contributed by atoms with Crippen molar-refractivity contribution in [2.75, 3.05) is 5.84 Å². The summed E-state index contributed by atoms with van der Waals surface area (Å²) in [7, 11) is 0. The highest BCUT2D eigenvalue weighted by molar-refractivity contribution is 6.33. The van der Waals surface area contributed by atoms with E-state index in [4.69, 9.17) is 17.4 Å². The van der Waals surface area contributed by atoms with E-state index >= 15 is 0 Å². The highest BCUT2D eigenvalue weighted by Crippen LogP contribution is 2.42. The molecule has 5 nitrogen and oxygen atoms in total. The number of nitrogens with zero attached hydrogens (tertiary/aromatic N) is 1. The van der Waals surface area contributed by atoms with Crippen LogP contribution in [-0.2, 0) is 12.8 Å². The number of fused-ring (bicyclic) bond motifs is 2. The van der Waals surface area contributed by atoms with Crippen molar-refractivity contribution in [1.82, 2.24) is 4.68 Å². The van der Waals surface area contributed by atoms with E-state index < -0.39 is 11.4 Å². The predicted molar refractivity (Wildman–Crippen MR) is 111 cm³/mol. The molecule has 0 saturated heterocycles. The minimum atomic E-state index is -1.29. The minimum Gasteiger partial charge on any atom is -0.477 e. The van der Waals surface area contributed by atoms with Crippen LogP contribution >= 0.6 is 11.6 Å². The first-order valence-corrected chi connectivity index (χ1v) is 9.78. The largest absolute Gasteiger partial charge is 0.477 e. The van der Waals surface area contributed by atoms with Gasteiger partial charge in [0.15, 0.2) is 0 Å². The number of halogens is 1.